The van der Waals surface area contributed by atoms with Gasteiger partial charge in [-0.3, -0.25) is 0 Å². The summed E-state index contributed by atoms with van der Waals surface area (Å²) in [6, 6.07) is 0.990. The fraction of sp³-hybridized carbons (Fsp3) is 0.294. The van der Waals surface area contributed by atoms with Crippen LogP contribution in [-0.4, -0.2) is 31.8 Å². The lowest BCUT2D eigenvalue weighted by Gasteiger charge is -2.27. The molecule has 6 nitrogen and oxygen atoms in total. The van der Waals surface area contributed by atoms with E-state index in [1.54, 1.807) is 6.07 Å². The third-order valence-corrected chi connectivity index (χ3v) is 4.39. The second kappa shape index (κ2) is 7.44. The summed E-state index contributed by atoms with van der Waals surface area (Å²) in [5.41, 5.74) is -1.52. The van der Waals surface area contributed by atoms with Gasteiger partial charge in [0.1, 0.15) is 35.0 Å². The Bertz CT molecular complexity index is 1090. The molecule has 0 fully saturated rings. The highest BCUT2D eigenvalue weighted by Gasteiger charge is 2.43. The fourth-order valence-electron chi connectivity index (χ4n) is 2.82. The molecule has 29 heavy (non-hydrogen) atoms. The summed E-state index contributed by atoms with van der Waals surface area (Å²) in [4.78, 5) is 7.61. The average molecular weight is 431 g/mol. The van der Waals surface area contributed by atoms with Gasteiger partial charge >= 0.3 is 6.18 Å². The molecule has 0 spiro atoms. The van der Waals surface area contributed by atoms with Crippen LogP contribution in [0.2, 0.25) is 5.15 Å². The van der Waals surface area contributed by atoms with Gasteiger partial charge in [0.15, 0.2) is 0 Å². The van der Waals surface area contributed by atoms with Gasteiger partial charge in [-0.05, 0) is 18.1 Å². The van der Waals surface area contributed by atoms with E-state index in [1.807, 2.05) is 0 Å². The highest BCUT2D eigenvalue weighted by Crippen LogP contribution is 2.39. The molecule has 12 heteroatoms. The number of halogens is 6. The van der Waals surface area contributed by atoms with Crippen molar-refractivity contribution < 1.29 is 22.0 Å². The van der Waals surface area contributed by atoms with Gasteiger partial charge < -0.3 is 5.32 Å². The first-order valence-corrected chi connectivity index (χ1v) is 8.54. The summed E-state index contributed by atoms with van der Waals surface area (Å²) >= 11 is 6.08. The van der Waals surface area contributed by atoms with E-state index in [0.29, 0.717) is 0 Å². The highest BCUT2D eigenvalue weighted by molar-refractivity contribution is 6.33. The van der Waals surface area contributed by atoms with Crippen molar-refractivity contribution >= 4 is 23.2 Å². The smallest absolute Gasteiger partial charge is 0.358 e. The first-order valence-electron chi connectivity index (χ1n) is 8.16. The number of hydrogen-bond acceptors (Lipinski definition) is 5. The molecule has 0 amide bonds. The molecule has 2 heterocycles. The van der Waals surface area contributed by atoms with E-state index in [1.165, 1.54) is 13.8 Å². The molecule has 1 aromatic carbocycles. The summed E-state index contributed by atoms with van der Waals surface area (Å²) in [5, 5.41) is 14.4. The number of hydrogen-bond donors (Lipinski definition) is 1. The van der Waals surface area contributed by atoms with Crippen LogP contribution in [-0.2, 0) is 0 Å². The minimum Gasteiger partial charge on any atom is -0.358 e. The largest absolute Gasteiger partial charge is 0.408 e. The van der Waals surface area contributed by atoms with Crippen molar-refractivity contribution in [3.63, 3.8) is 0 Å². The van der Waals surface area contributed by atoms with Gasteiger partial charge in [0.05, 0.1) is 22.8 Å². The second-order valence-corrected chi connectivity index (χ2v) is 6.79. The van der Waals surface area contributed by atoms with Gasteiger partial charge in [0, 0.05) is 0 Å². The molecule has 0 saturated heterocycles. The van der Waals surface area contributed by atoms with Crippen LogP contribution >= 0.6 is 11.6 Å². The summed E-state index contributed by atoms with van der Waals surface area (Å²) < 4.78 is 70.7. The van der Waals surface area contributed by atoms with E-state index in [9.17, 15) is 22.0 Å². The van der Waals surface area contributed by atoms with Crippen LogP contribution in [0.5, 0.6) is 0 Å². The maximum absolute atomic E-state index is 14.6. The molecule has 0 saturated carbocycles. The van der Waals surface area contributed by atoms with Gasteiger partial charge in [-0.15, -0.1) is 0 Å². The summed E-state index contributed by atoms with van der Waals surface area (Å²) in [6.45, 7) is 2.66. The lowest BCUT2D eigenvalue weighted by Crippen LogP contribution is -2.41. The van der Waals surface area contributed by atoms with Crippen molar-refractivity contribution in [1.82, 2.24) is 19.6 Å². The Morgan fingerprint density at radius 1 is 1.17 bits per heavy atom. The maximum Gasteiger partial charge on any atom is 0.408 e. The first-order chi connectivity index (χ1) is 13.5. The predicted octanol–water partition coefficient (Wildman–Crippen LogP) is 4.59. The van der Waals surface area contributed by atoms with E-state index in [0.717, 1.165) is 23.0 Å². The number of anilines is 1. The number of rotatable bonds is 4. The molecule has 0 bridgehead atoms. The number of nitriles is 1. The molecular formula is C17H12ClF5N6. The number of benzene rings is 1. The SMILES string of the molecule is CC(C)[C@@H](Nc1c(-c2c(F)cc(C#N)cc2F)c(Cl)nc2ncnn12)C(F)(F)F. The van der Waals surface area contributed by atoms with Crippen molar-refractivity contribution in [2.45, 2.75) is 26.1 Å². The minimum atomic E-state index is -4.68. The Balaban J connectivity index is 2.33. The van der Waals surface area contributed by atoms with Crippen LogP contribution in [0.3, 0.4) is 0 Å². The molecule has 0 aliphatic carbocycles. The van der Waals surface area contributed by atoms with Crippen LogP contribution in [0.15, 0.2) is 18.5 Å². The zero-order valence-corrected chi connectivity index (χ0v) is 15.6. The van der Waals surface area contributed by atoms with Gasteiger partial charge in [-0.1, -0.05) is 25.4 Å². The predicted molar refractivity (Wildman–Crippen MR) is 94.2 cm³/mol. The van der Waals surface area contributed by atoms with Gasteiger partial charge in [-0.25, -0.2) is 8.78 Å². The number of fused-ring (bicyclic) bond motifs is 1. The number of nitrogens with zero attached hydrogens (tertiary/aromatic N) is 5. The lowest BCUT2D eigenvalue weighted by molar-refractivity contribution is -0.150. The van der Waals surface area contributed by atoms with Crippen molar-refractivity contribution in [1.29, 1.82) is 5.26 Å². The molecule has 2 aromatic heterocycles. The van der Waals surface area contributed by atoms with Crippen LogP contribution in [0.1, 0.15) is 19.4 Å². The first kappa shape index (κ1) is 20.7. The van der Waals surface area contributed by atoms with Crippen LogP contribution < -0.4 is 5.32 Å². The standard InChI is InChI=1S/C17H12ClF5N6/c1-7(2)13(17(21,22)23)27-15-12(14(18)28-16-25-6-26-29(15)16)11-9(19)3-8(5-24)4-10(11)20/h3-4,6-7,13,27H,1-2H3/t13-/m1/s1. The Morgan fingerprint density at radius 3 is 2.31 bits per heavy atom. The van der Waals surface area contributed by atoms with E-state index in [4.69, 9.17) is 16.9 Å². The van der Waals surface area contributed by atoms with Crippen molar-refractivity contribution in [3.05, 3.63) is 40.8 Å². The van der Waals surface area contributed by atoms with Crippen LogP contribution in [0.25, 0.3) is 16.9 Å². The Kier molecular flexibility index (Phi) is 5.32. The van der Waals surface area contributed by atoms with Crippen LogP contribution in [0, 0.1) is 28.9 Å². The van der Waals surface area contributed by atoms with E-state index < -0.39 is 51.9 Å². The highest BCUT2D eigenvalue weighted by atomic mass is 35.5. The maximum atomic E-state index is 14.6. The summed E-state index contributed by atoms with van der Waals surface area (Å²) in [7, 11) is 0. The Labute approximate surface area is 165 Å². The zero-order chi connectivity index (χ0) is 21.5. The van der Waals surface area contributed by atoms with Crippen molar-refractivity contribution in [3.8, 4) is 17.2 Å². The molecule has 152 valence electrons. The summed E-state index contributed by atoms with van der Waals surface area (Å²) in [5.74, 6) is -3.93. The fourth-order valence-corrected chi connectivity index (χ4v) is 3.08. The van der Waals surface area contributed by atoms with Gasteiger partial charge in [0.25, 0.3) is 5.78 Å². The lowest BCUT2D eigenvalue weighted by atomic mass is 10.0. The molecular weight excluding hydrogens is 419 g/mol. The Morgan fingerprint density at radius 2 is 1.79 bits per heavy atom. The summed E-state index contributed by atoms with van der Waals surface area (Å²) in [6.07, 6.45) is -3.67. The van der Waals surface area contributed by atoms with Gasteiger partial charge in [-0.2, -0.15) is 38.0 Å². The molecule has 3 aromatic rings. The minimum absolute atomic E-state index is 0.166. The van der Waals surface area contributed by atoms with Crippen molar-refractivity contribution in [2.24, 2.45) is 5.92 Å². The number of aromatic nitrogens is 4. The third-order valence-electron chi connectivity index (χ3n) is 4.12. The molecule has 0 aliphatic rings. The van der Waals surface area contributed by atoms with Gasteiger partial charge in [0.2, 0.25) is 0 Å². The van der Waals surface area contributed by atoms with Crippen molar-refractivity contribution in [2.75, 3.05) is 5.32 Å². The molecule has 3 rings (SSSR count). The Hall–Kier alpha value is -3.00. The topological polar surface area (TPSA) is 78.9 Å². The molecule has 0 aliphatic heterocycles. The van der Waals surface area contributed by atoms with Crippen LogP contribution in [0.4, 0.5) is 27.8 Å². The van der Waals surface area contributed by atoms with E-state index in [-0.39, 0.29) is 11.3 Å². The quantitative estimate of drug-likeness (QED) is 0.483. The number of nitrogens with one attached hydrogen (secondary N) is 1. The third kappa shape index (κ3) is 3.80. The average Bonchev–Trinajstić information content (AvgIpc) is 3.06. The number of alkyl halides is 3. The molecule has 1 atom stereocenters. The normalized spacial score (nSPS) is 13.0. The molecule has 0 unspecified atom stereocenters. The molecule has 1 N–H and O–H groups in total. The second-order valence-electron chi connectivity index (χ2n) is 6.43. The monoisotopic (exact) mass is 430 g/mol. The van der Waals surface area contributed by atoms with E-state index in [2.05, 4.69) is 20.4 Å². The zero-order valence-electron chi connectivity index (χ0n) is 14.9. The molecule has 0 radical (unpaired) electrons. The van der Waals surface area contributed by atoms with E-state index >= 15 is 0 Å².